The Balaban J connectivity index is 1.79. The second-order valence-corrected chi connectivity index (χ2v) is 10.6. The zero-order chi connectivity index (χ0) is 26.0. The van der Waals surface area contributed by atoms with Gasteiger partial charge in [0.1, 0.15) is 0 Å². The number of benzene rings is 1. The number of ether oxygens (including phenoxy) is 1. The predicted molar refractivity (Wildman–Crippen MR) is 125 cm³/mol. The fourth-order valence-electron chi connectivity index (χ4n) is 5.94. The van der Waals surface area contributed by atoms with Crippen LogP contribution >= 0.6 is 0 Å². The number of para-hydroxylation sites is 1. The number of ketones is 1. The Labute approximate surface area is 205 Å². The van der Waals surface area contributed by atoms with Gasteiger partial charge in [0.25, 0.3) is 11.5 Å². The molecule has 192 valence electrons. The van der Waals surface area contributed by atoms with Crippen LogP contribution < -0.4 is 5.56 Å². The van der Waals surface area contributed by atoms with Crippen LogP contribution in [-0.2, 0) is 19.7 Å². The van der Waals surface area contributed by atoms with E-state index in [9.17, 15) is 14.4 Å². The fourth-order valence-corrected chi connectivity index (χ4v) is 5.94. The first-order chi connectivity index (χ1) is 16.9. The summed E-state index contributed by atoms with van der Waals surface area (Å²) >= 11 is 0. The number of Topliss-reactive ketones (excluding diaryl/α,β-unsaturated/α-hetero) is 1. The molecule has 36 heavy (non-hydrogen) atoms. The van der Waals surface area contributed by atoms with Crippen LogP contribution in [-0.4, -0.2) is 51.8 Å². The van der Waals surface area contributed by atoms with Crippen molar-refractivity contribution >= 4 is 11.7 Å². The Hall–Kier alpha value is -3.14. The average molecular weight is 504 g/mol. The summed E-state index contributed by atoms with van der Waals surface area (Å²) in [5.41, 5.74) is -6.13. The maximum atomic E-state index is 15.3. The summed E-state index contributed by atoms with van der Waals surface area (Å²) in [6.07, 6.45) is -4.35. The zero-order valence-corrected chi connectivity index (χ0v) is 20.4. The lowest BCUT2D eigenvalue weighted by molar-refractivity contribution is -0.189. The van der Waals surface area contributed by atoms with Crippen molar-refractivity contribution in [3.8, 4) is 5.69 Å². The van der Waals surface area contributed by atoms with Gasteiger partial charge in [-0.25, -0.2) is 4.68 Å². The van der Waals surface area contributed by atoms with Gasteiger partial charge in [-0.1, -0.05) is 32.0 Å². The lowest BCUT2D eigenvalue weighted by atomic mass is 9.66. The lowest BCUT2D eigenvalue weighted by Crippen LogP contribution is -2.55. The summed E-state index contributed by atoms with van der Waals surface area (Å²) in [5.74, 6) is -2.06. The molecule has 0 radical (unpaired) electrons. The molecule has 2 aromatic rings. The first-order valence-corrected chi connectivity index (χ1v) is 12.0. The maximum Gasteiger partial charge on any atom is 0.411 e. The molecular formula is C26H28F3N3O4. The number of carbonyl (C=O) groups excluding carboxylic acids is 2. The molecule has 5 rings (SSSR count). The van der Waals surface area contributed by atoms with Crippen molar-refractivity contribution < 1.29 is 27.5 Å². The van der Waals surface area contributed by atoms with Crippen molar-refractivity contribution in [2.24, 2.45) is 5.41 Å². The molecule has 0 saturated carbocycles. The van der Waals surface area contributed by atoms with Gasteiger partial charge in [0, 0.05) is 30.0 Å². The Morgan fingerprint density at radius 2 is 1.81 bits per heavy atom. The lowest BCUT2D eigenvalue weighted by Gasteiger charge is -2.35. The SMILES string of the molecule is Cc1[nH]n(-c2ccccc2)c(=O)c1[C@]1(C(F)(F)F)C(=O)N(C[C@H]2CCCO2)C2=C1C(=O)CC(C)(C)C2. The number of H-pyrrole nitrogens is 1. The molecular weight excluding hydrogens is 475 g/mol. The number of aromatic nitrogens is 2. The minimum Gasteiger partial charge on any atom is -0.376 e. The number of carbonyl (C=O) groups is 2. The molecule has 2 atom stereocenters. The number of nitrogens with one attached hydrogen (secondary N) is 1. The zero-order valence-electron chi connectivity index (χ0n) is 20.4. The molecule has 1 saturated heterocycles. The number of amides is 1. The molecule has 3 heterocycles. The van der Waals surface area contributed by atoms with E-state index in [0.29, 0.717) is 18.7 Å². The molecule has 1 aromatic carbocycles. The summed E-state index contributed by atoms with van der Waals surface area (Å²) in [5, 5.41) is 2.71. The average Bonchev–Trinajstić information content (AvgIpc) is 3.46. The third kappa shape index (κ3) is 3.48. The van der Waals surface area contributed by atoms with Crippen molar-refractivity contribution in [2.75, 3.05) is 13.2 Å². The minimum absolute atomic E-state index is 0.0559. The van der Waals surface area contributed by atoms with Crippen LogP contribution in [0.25, 0.3) is 5.69 Å². The van der Waals surface area contributed by atoms with E-state index in [0.717, 1.165) is 16.0 Å². The van der Waals surface area contributed by atoms with Crippen LogP contribution in [0.15, 0.2) is 46.4 Å². The molecule has 1 amide bonds. The third-order valence-corrected chi connectivity index (χ3v) is 7.42. The van der Waals surface area contributed by atoms with Gasteiger partial charge in [0.15, 0.2) is 5.78 Å². The molecule has 1 aromatic heterocycles. The molecule has 0 spiro atoms. The quantitative estimate of drug-likeness (QED) is 0.685. The topological polar surface area (TPSA) is 84.4 Å². The fraction of sp³-hybridized carbons (Fsp3) is 0.500. The Morgan fingerprint density at radius 3 is 2.42 bits per heavy atom. The molecule has 1 fully saturated rings. The number of hydrogen-bond acceptors (Lipinski definition) is 4. The van der Waals surface area contributed by atoms with E-state index in [2.05, 4.69) is 5.10 Å². The van der Waals surface area contributed by atoms with Crippen molar-refractivity contribution in [1.29, 1.82) is 0 Å². The third-order valence-electron chi connectivity index (χ3n) is 7.42. The molecule has 0 unspecified atom stereocenters. The molecule has 3 aliphatic rings. The number of nitrogens with zero attached hydrogens (tertiary/aromatic N) is 2. The number of allylic oxidation sites excluding steroid dienone is 1. The summed E-state index contributed by atoms with van der Waals surface area (Å²) in [6.45, 7) is 5.29. The van der Waals surface area contributed by atoms with Crippen LogP contribution in [0.5, 0.6) is 0 Å². The molecule has 0 bridgehead atoms. The highest BCUT2D eigenvalue weighted by Gasteiger charge is 2.73. The molecule has 1 N–H and O–H groups in total. The van der Waals surface area contributed by atoms with Crippen molar-refractivity contribution in [3.63, 3.8) is 0 Å². The minimum atomic E-state index is -5.23. The second-order valence-electron chi connectivity index (χ2n) is 10.6. The standard InChI is InChI=1S/C26H28F3N3O4/c1-15-20(22(34)32(30-15)16-8-5-4-6-9-16)25(26(27,28)29)21-18(12-24(2,3)13-19(21)33)31(23(25)35)14-17-10-7-11-36-17/h4-6,8-9,17,30H,7,10-14H2,1-3H3/t17-,25-/m1/s1. The van der Waals surface area contributed by atoms with E-state index in [-0.39, 0.29) is 30.8 Å². The summed E-state index contributed by atoms with van der Waals surface area (Å²) in [4.78, 5) is 42.2. The number of aromatic amines is 1. The van der Waals surface area contributed by atoms with Gasteiger partial charge in [-0.3, -0.25) is 19.5 Å². The van der Waals surface area contributed by atoms with E-state index < -0.39 is 51.5 Å². The number of rotatable bonds is 4. The molecule has 10 heteroatoms. The highest BCUT2D eigenvalue weighted by Crippen LogP contribution is 2.57. The normalized spacial score (nSPS) is 26.2. The number of halogens is 3. The first-order valence-electron chi connectivity index (χ1n) is 12.0. The summed E-state index contributed by atoms with van der Waals surface area (Å²) in [7, 11) is 0. The first kappa shape index (κ1) is 24.5. The largest absolute Gasteiger partial charge is 0.411 e. The van der Waals surface area contributed by atoms with Gasteiger partial charge in [-0.05, 0) is 43.7 Å². The Kier molecular flexibility index (Phi) is 5.59. The number of aryl methyl sites for hydroxylation is 1. The van der Waals surface area contributed by atoms with Crippen molar-refractivity contribution in [3.05, 3.63) is 63.2 Å². The highest BCUT2D eigenvalue weighted by atomic mass is 19.4. The molecule has 7 nitrogen and oxygen atoms in total. The van der Waals surface area contributed by atoms with E-state index >= 15 is 13.2 Å². The van der Waals surface area contributed by atoms with Gasteiger partial charge >= 0.3 is 6.18 Å². The predicted octanol–water partition coefficient (Wildman–Crippen LogP) is 3.94. The van der Waals surface area contributed by atoms with E-state index in [1.165, 1.54) is 6.92 Å². The van der Waals surface area contributed by atoms with Crippen LogP contribution in [0.4, 0.5) is 13.2 Å². The van der Waals surface area contributed by atoms with Crippen LogP contribution in [0, 0.1) is 12.3 Å². The van der Waals surface area contributed by atoms with Gasteiger partial charge in [-0.2, -0.15) is 13.2 Å². The van der Waals surface area contributed by atoms with Crippen molar-refractivity contribution in [2.45, 2.75) is 64.1 Å². The highest BCUT2D eigenvalue weighted by molar-refractivity contribution is 6.13. The van der Waals surface area contributed by atoms with E-state index in [4.69, 9.17) is 4.74 Å². The number of alkyl halides is 3. The summed E-state index contributed by atoms with van der Waals surface area (Å²) < 4.78 is 52.6. The van der Waals surface area contributed by atoms with Crippen LogP contribution in [0.1, 0.15) is 50.8 Å². The van der Waals surface area contributed by atoms with Gasteiger partial charge in [-0.15, -0.1) is 0 Å². The number of hydrogen-bond donors (Lipinski definition) is 1. The smallest absolute Gasteiger partial charge is 0.376 e. The van der Waals surface area contributed by atoms with Gasteiger partial charge < -0.3 is 9.64 Å². The van der Waals surface area contributed by atoms with E-state index in [1.807, 2.05) is 0 Å². The Morgan fingerprint density at radius 1 is 1.11 bits per heavy atom. The van der Waals surface area contributed by atoms with Crippen LogP contribution in [0.3, 0.4) is 0 Å². The van der Waals surface area contributed by atoms with Gasteiger partial charge in [0.05, 0.1) is 23.9 Å². The summed E-state index contributed by atoms with van der Waals surface area (Å²) in [6, 6.07) is 8.15. The molecule has 1 aliphatic carbocycles. The molecule has 2 aliphatic heterocycles. The van der Waals surface area contributed by atoms with Crippen molar-refractivity contribution in [1.82, 2.24) is 14.7 Å². The van der Waals surface area contributed by atoms with Crippen LogP contribution in [0.2, 0.25) is 0 Å². The Bertz CT molecular complexity index is 1320. The van der Waals surface area contributed by atoms with E-state index in [1.54, 1.807) is 44.2 Å². The maximum absolute atomic E-state index is 15.3. The second kappa shape index (κ2) is 8.19. The van der Waals surface area contributed by atoms with Gasteiger partial charge in [0.2, 0.25) is 5.41 Å². The monoisotopic (exact) mass is 503 g/mol.